The van der Waals surface area contributed by atoms with Crippen LogP contribution in [0.25, 0.3) is 11.3 Å². The first-order valence-electron chi connectivity index (χ1n) is 7.89. The van der Waals surface area contributed by atoms with E-state index in [0.29, 0.717) is 16.3 Å². The Hall–Kier alpha value is -1.56. The second-order valence-electron chi connectivity index (χ2n) is 6.13. The molecule has 0 saturated heterocycles. The van der Waals surface area contributed by atoms with E-state index in [2.05, 4.69) is 10.4 Å². The molecule has 0 aliphatic heterocycles. The molecule has 1 aromatic carbocycles. The number of aromatic nitrogens is 2. The van der Waals surface area contributed by atoms with Crippen molar-refractivity contribution < 1.29 is 4.79 Å². The van der Waals surface area contributed by atoms with Crippen molar-refractivity contribution in [3.63, 3.8) is 0 Å². The van der Waals surface area contributed by atoms with Crippen molar-refractivity contribution in [3.05, 3.63) is 41.0 Å². The van der Waals surface area contributed by atoms with Crippen LogP contribution in [0.5, 0.6) is 0 Å². The van der Waals surface area contributed by atoms with Gasteiger partial charge in [-0.25, -0.2) is 0 Å². The van der Waals surface area contributed by atoms with Crippen molar-refractivity contribution in [1.29, 1.82) is 0 Å². The van der Waals surface area contributed by atoms with Gasteiger partial charge in [-0.2, -0.15) is 5.10 Å². The minimum atomic E-state index is -0.103. The number of nitrogens with two attached hydrogens (primary N) is 1. The third-order valence-corrected chi connectivity index (χ3v) is 4.64. The van der Waals surface area contributed by atoms with Gasteiger partial charge in [0.1, 0.15) is 5.69 Å². The van der Waals surface area contributed by atoms with Crippen LogP contribution in [0, 0.1) is 0 Å². The SMILES string of the molecule is Cl.Cn1cc(C(=O)NC2CCC(N)CC2)c(-c2ccccc2Cl)n1. The van der Waals surface area contributed by atoms with E-state index in [4.69, 9.17) is 17.3 Å². The molecule has 1 saturated carbocycles. The van der Waals surface area contributed by atoms with Gasteiger partial charge in [0.15, 0.2) is 0 Å². The maximum atomic E-state index is 12.7. The van der Waals surface area contributed by atoms with E-state index >= 15 is 0 Å². The normalized spacial score (nSPS) is 20.3. The zero-order valence-electron chi connectivity index (χ0n) is 13.5. The molecule has 0 atom stereocenters. The molecule has 7 heteroatoms. The summed E-state index contributed by atoms with van der Waals surface area (Å²) in [7, 11) is 1.80. The minimum absolute atomic E-state index is 0. The molecule has 1 aliphatic carbocycles. The van der Waals surface area contributed by atoms with Crippen molar-refractivity contribution in [1.82, 2.24) is 15.1 Å². The molecular formula is C17H22Cl2N4O. The molecule has 1 heterocycles. The summed E-state index contributed by atoms with van der Waals surface area (Å²) >= 11 is 6.26. The van der Waals surface area contributed by atoms with Crippen LogP contribution in [0.2, 0.25) is 5.02 Å². The molecule has 2 aromatic rings. The standard InChI is InChI=1S/C17H21ClN4O.ClH/c1-22-10-14(16(21-22)13-4-2-3-5-15(13)18)17(23)20-12-8-6-11(19)7-9-12;/h2-5,10-12H,6-9,19H2,1H3,(H,20,23);1H. The Morgan fingerprint density at radius 3 is 2.62 bits per heavy atom. The molecule has 0 unspecified atom stereocenters. The number of carbonyl (C=O) groups is 1. The molecule has 3 N–H and O–H groups in total. The Labute approximate surface area is 153 Å². The predicted octanol–water partition coefficient (Wildman–Crippen LogP) is 3.16. The number of nitrogens with one attached hydrogen (secondary N) is 1. The Kier molecular flexibility index (Phi) is 6.27. The topological polar surface area (TPSA) is 72.9 Å². The Morgan fingerprint density at radius 1 is 1.29 bits per heavy atom. The zero-order chi connectivity index (χ0) is 16.4. The molecule has 1 aliphatic rings. The van der Waals surface area contributed by atoms with Gasteiger partial charge in [-0.15, -0.1) is 12.4 Å². The average molecular weight is 369 g/mol. The quantitative estimate of drug-likeness (QED) is 0.873. The van der Waals surface area contributed by atoms with Crippen molar-refractivity contribution in [3.8, 4) is 11.3 Å². The summed E-state index contributed by atoms with van der Waals surface area (Å²) in [6.45, 7) is 0. The Morgan fingerprint density at radius 2 is 1.96 bits per heavy atom. The molecule has 24 heavy (non-hydrogen) atoms. The highest BCUT2D eigenvalue weighted by molar-refractivity contribution is 6.33. The van der Waals surface area contributed by atoms with E-state index in [0.717, 1.165) is 31.2 Å². The second kappa shape index (κ2) is 8.01. The molecule has 5 nitrogen and oxygen atoms in total. The number of hydrogen-bond acceptors (Lipinski definition) is 3. The Balaban J connectivity index is 0.00000208. The molecule has 0 radical (unpaired) electrons. The van der Waals surface area contributed by atoms with E-state index < -0.39 is 0 Å². The fourth-order valence-electron chi connectivity index (χ4n) is 3.03. The second-order valence-corrected chi connectivity index (χ2v) is 6.54. The van der Waals surface area contributed by atoms with Gasteiger partial charge in [0, 0.05) is 30.9 Å². The van der Waals surface area contributed by atoms with Crippen molar-refractivity contribution in [2.24, 2.45) is 12.8 Å². The number of carbonyl (C=O) groups excluding carboxylic acids is 1. The van der Waals surface area contributed by atoms with Crippen molar-refractivity contribution in [2.45, 2.75) is 37.8 Å². The molecule has 0 bridgehead atoms. The van der Waals surface area contributed by atoms with Crippen LogP contribution in [0.4, 0.5) is 0 Å². The summed E-state index contributed by atoms with van der Waals surface area (Å²) in [6.07, 6.45) is 5.50. The van der Waals surface area contributed by atoms with Crippen LogP contribution in [-0.2, 0) is 7.05 Å². The van der Waals surface area contributed by atoms with Gasteiger partial charge in [-0.3, -0.25) is 9.48 Å². The fourth-order valence-corrected chi connectivity index (χ4v) is 3.26. The summed E-state index contributed by atoms with van der Waals surface area (Å²) in [5, 5.41) is 8.11. The maximum Gasteiger partial charge on any atom is 0.255 e. The lowest BCUT2D eigenvalue weighted by Crippen LogP contribution is -2.40. The van der Waals surface area contributed by atoms with Crippen LogP contribution >= 0.6 is 24.0 Å². The summed E-state index contributed by atoms with van der Waals surface area (Å²) in [6, 6.07) is 7.87. The first-order valence-corrected chi connectivity index (χ1v) is 8.27. The predicted molar refractivity (Wildman–Crippen MR) is 98.6 cm³/mol. The zero-order valence-corrected chi connectivity index (χ0v) is 15.1. The van der Waals surface area contributed by atoms with Gasteiger partial charge in [0.2, 0.25) is 0 Å². The number of halogens is 2. The highest BCUT2D eigenvalue weighted by atomic mass is 35.5. The fraction of sp³-hybridized carbons (Fsp3) is 0.412. The number of hydrogen-bond donors (Lipinski definition) is 2. The average Bonchev–Trinajstić information content (AvgIpc) is 2.92. The van der Waals surface area contributed by atoms with Crippen LogP contribution in [-0.4, -0.2) is 27.8 Å². The van der Waals surface area contributed by atoms with Gasteiger partial charge in [-0.1, -0.05) is 29.8 Å². The lowest BCUT2D eigenvalue weighted by Gasteiger charge is -2.26. The van der Waals surface area contributed by atoms with Crippen LogP contribution in [0.3, 0.4) is 0 Å². The highest BCUT2D eigenvalue weighted by Gasteiger charge is 2.24. The number of benzene rings is 1. The third-order valence-electron chi connectivity index (χ3n) is 4.31. The number of rotatable bonds is 3. The first-order chi connectivity index (χ1) is 11.0. The van der Waals surface area contributed by atoms with E-state index in [9.17, 15) is 4.79 Å². The van der Waals surface area contributed by atoms with Crippen molar-refractivity contribution in [2.75, 3.05) is 0 Å². The molecule has 1 aromatic heterocycles. The highest BCUT2D eigenvalue weighted by Crippen LogP contribution is 2.29. The monoisotopic (exact) mass is 368 g/mol. The lowest BCUT2D eigenvalue weighted by molar-refractivity contribution is 0.0926. The first kappa shape index (κ1) is 18.8. The van der Waals surface area contributed by atoms with Crippen LogP contribution in [0.15, 0.2) is 30.5 Å². The molecular weight excluding hydrogens is 347 g/mol. The summed E-state index contributed by atoms with van der Waals surface area (Å²) in [5.74, 6) is -0.103. The molecule has 130 valence electrons. The summed E-state index contributed by atoms with van der Waals surface area (Å²) in [4.78, 5) is 12.7. The number of amides is 1. The van der Waals surface area contributed by atoms with E-state index in [1.807, 2.05) is 18.2 Å². The molecule has 1 amide bonds. The molecule has 1 fully saturated rings. The van der Waals surface area contributed by atoms with Gasteiger partial charge in [0.25, 0.3) is 5.91 Å². The maximum absolute atomic E-state index is 12.7. The van der Waals surface area contributed by atoms with E-state index in [1.54, 1.807) is 24.0 Å². The lowest BCUT2D eigenvalue weighted by atomic mass is 9.91. The minimum Gasteiger partial charge on any atom is -0.349 e. The smallest absolute Gasteiger partial charge is 0.255 e. The van der Waals surface area contributed by atoms with E-state index in [-0.39, 0.29) is 30.4 Å². The third kappa shape index (κ3) is 4.09. The van der Waals surface area contributed by atoms with Gasteiger partial charge in [-0.05, 0) is 31.7 Å². The van der Waals surface area contributed by atoms with Gasteiger partial charge >= 0.3 is 0 Å². The van der Waals surface area contributed by atoms with Crippen molar-refractivity contribution >= 4 is 29.9 Å². The van der Waals surface area contributed by atoms with Gasteiger partial charge in [0.05, 0.1) is 10.6 Å². The number of nitrogens with zero attached hydrogens (tertiary/aromatic N) is 2. The Bertz CT molecular complexity index is 708. The molecule has 0 spiro atoms. The van der Waals surface area contributed by atoms with E-state index in [1.165, 1.54) is 0 Å². The summed E-state index contributed by atoms with van der Waals surface area (Å²) < 4.78 is 1.64. The largest absolute Gasteiger partial charge is 0.349 e. The molecule has 3 rings (SSSR count). The van der Waals surface area contributed by atoms with Crippen LogP contribution in [0.1, 0.15) is 36.0 Å². The van der Waals surface area contributed by atoms with Gasteiger partial charge < -0.3 is 11.1 Å². The number of aryl methyl sites for hydroxylation is 1. The summed E-state index contributed by atoms with van der Waals surface area (Å²) in [5.41, 5.74) is 7.85. The van der Waals surface area contributed by atoms with Crippen LogP contribution < -0.4 is 11.1 Å².